The molecule has 1 amide bonds. The minimum absolute atomic E-state index is 0.0179. The quantitative estimate of drug-likeness (QED) is 0.845. The van der Waals surface area contributed by atoms with Crippen LogP contribution in [-0.2, 0) is 10.2 Å². The Kier molecular flexibility index (Phi) is 5.89. The molecule has 0 saturated carbocycles. The summed E-state index contributed by atoms with van der Waals surface area (Å²) in [6, 6.07) is 14.2. The molecule has 134 valence electrons. The lowest BCUT2D eigenvalue weighted by Crippen LogP contribution is -2.31. The van der Waals surface area contributed by atoms with Gasteiger partial charge in [0.25, 0.3) is 5.91 Å². The summed E-state index contributed by atoms with van der Waals surface area (Å²) in [5, 5.41) is 3.01. The lowest BCUT2D eigenvalue weighted by molar-refractivity contribution is -0.123. The minimum atomic E-state index is -0.117. The van der Waals surface area contributed by atoms with Gasteiger partial charge in [-0.25, -0.2) is 0 Å². The molecule has 0 fully saturated rings. The van der Waals surface area contributed by atoms with E-state index in [2.05, 4.69) is 58.1 Å². The molecule has 0 unspecified atom stereocenters. The highest BCUT2D eigenvalue weighted by Crippen LogP contribution is 2.24. The molecule has 0 aliphatic heterocycles. The van der Waals surface area contributed by atoms with Crippen LogP contribution in [0.25, 0.3) is 0 Å². The first-order valence-electron chi connectivity index (χ1n) is 8.76. The molecule has 0 aliphatic rings. The molecule has 0 heterocycles. The molecular formula is C22H29NO2. The Labute approximate surface area is 151 Å². The van der Waals surface area contributed by atoms with E-state index >= 15 is 0 Å². The highest BCUT2D eigenvalue weighted by Gasteiger charge is 2.14. The predicted octanol–water partition coefficient (Wildman–Crippen LogP) is 4.86. The molecule has 0 bridgehead atoms. The molecule has 3 nitrogen and oxygen atoms in total. The summed E-state index contributed by atoms with van der Waals surface area (Å²) in [5.41, 5.74) is 4.86. The fourth-order valence-corrected chi connectivity index (χ4v) is 2.79. The lowest BCUT2D eigenvalue weighted by atomic mass is 9.87. The number of hydrogen-bond acceptors (Lipinski definition) is 2. The summed E-state index contributed by atoms with van der Waals surface area (Å²) in [6.07, 6.45) is 0. The second kappa shape index (κ2) is 7.73. The molecule has 2 aromatic rings. The summed E-state index contributed by atoms with van der Waals surface area (Å²) >= 11 is 0. The Bertz CT molecular complexity index is 727. The molecule has 2 aromatic carbocycles. The minimum Gasteiger partial charge on any atom is -0.484 e. The molecule has 0 spiro atoms. The third kappa shape index (κ3) is 5.35. The van der Waals surface area contributed by atoms with Crippen LogP contribution < -0.4 is 10.1 Å². The zero-order chi connectivity index (χ0) is 18.6. The molecule has 25 heavy (non-hydrogen) atoms. The van der Waals surface area contributed by atoms with Gasteiger partial charge in [0.15, 0.2) is 6.61 Å². The van der Waals surface area contributed by atoms with Crippen molar-refractivity contribution in [2.45, 2.75) is 53.0 Å². The highest BCUT2D eigenvalue weighted by molar-refractivity contribution is 5.78. The molecule has 0 saturated heterocycles. The van der Waals surface area contributed by atoms with Gasteiger partial charge in [0.2, 0.25) is 0 Å². The van der Waals surface area contributed by atoms with Crippen LogP contribution in [-0.4, -0.2) is 12.5 Å². The van der Waals surface area contributed by atoms with Crippen LogP contribution in [0.2, 0.25) is 0 Å². The van der Waals surface area contributed by atoms with Crippen LogP contribution in [0.4, 0.5) is 0 Å². The number of benzene rings is 2. The maximum atomic E-state index is 12.2. The van der Waals surface area contributed by atoms with E-state index in [1.54, 1.807) is 0 Å². The van der Waals surface area contributed by atoms with Crippen molar-refractivity contribution in [1.29, 1.82) is 0 Å². The first-order chi connectivity index (χ1) is 11.7. The van der Waals surface area contributed by atoms with Crippen molar-refractivity contribution in [2.75, 3.05) is 6.61 Å². The SMILES string of the molecule is Cc1ccc(C)c([C@H](C)NC(=O)COc2ccc(C(C)(C)C)cc2)c1. The molecule has 2 rings (SSSR count). The Hall–Kier alpha value is -2.29. The van der Waals surface area contributed by atoms with Gasteiger partial charge in [-0.2, -0.15) is 0 Å². The van der Waals surface area contributed by atoms with E-state index in [1.165, 1.54) is 16.7 Å². The van der Waals surface area contributed by atoms with E-state index in [0.717, 1.165) is 5.56 Å². The van der Waals surface area contributed by atoms with Gasteiger partial charge in [0, 0.05) is 0 Å². The van der Waals surface area contributed by atoms with Gasteiger partial charge in [-0.3, -0.25) is 4.79 Å². The monoisotopic (exact) mass is 339 g/mol. The summed E-state index contributed by atoms with van der Waals surface area (Å²) in [7, 11) is 0. The van der Waals surface area contributed by atoms with Crippen molar-refractivity contribution in [3.05, 3.63) is 64.7 Å². The number of aryl methyl sites for hydroxylation is 2. The highest BCUT2D eigenvalue weighted by atomic mass is 16.5. The van der Waals surface area contributed by atoms with Gasteiger partial charge in [-0.05, 0) is 55.0 Å². The fourth-order valence-electron chi connectivity index (χ4n) is 2.79. The molecule has 0 aliphatic carbocycles. The second-order valence-electron chi connectivity index (χ2n) is 7.71. The normalized spacial score (nSPS) is 12.6. The molecule has 1 N–H and O–H groups in total. The third-order valence-corrected chi connectivity index (χ3v) is 4.37. The van der Waals surface area contributed by atoms with Crippen molar-refractivity contribution in [1.82, 2.24) is 5.32 Å². The van der Waals surface area contributed by atoms with Gasteiger partial charge in [0.05, 0.1) is 6.04 Å². The van der Waals surface area contributed by atoms with Gasteiger partial charge >= 0.3 is 0 Å². The van der Waals surface area contributed by atoms with Crippen LogP contribution in [0, 0.1) is 13.8 Å². The Morgan fingerprint density at radius 1 is 1.08 bits per heavy atom. The van der Waals surface area contributed by atoms with E-state index in [9.17, 15) is 4.79 Å². The Balaban J connectivity index is 1.91. The maximum absolute atomic E-state index is 12.2. The van der Waals surface area contributed by atoms with Crippen LogP contribution in [0.3, 0.4) is 0 Å². The van der Waals surface area contributed by atoms with E-state index < -0.39 is 0 Å². The number of carbonyl (C=O) groups excluding carboxylic acids is 1. The molecular weight excluding hydrogens is 310 g/mol. The number of hydrogen-bond donors (Lipinski definition) is 1. The van der Waals surface area contributed by atoms with Crippen molar-refractivity contribution in [3.8, 4) is 5.75 Å². The third-order valence-electron chi connectivity index (χ3n) is 4.37. The van der Waals surface area contributed by atoms with Gasteiger partial charge in [-0.15, -0.1) is 0 Å². The lowest BCUT2D eigenvalue weighted by Gasteiger charge is -2.19. The average molecular weight is 339 g/mol. The topological polar surface area (TPSA) is 38.3 Å². The van der Waals surface area contributed by atoms with Crippen molar-refractivity contribution in [3.63, 3.8) is 0 Å². The number of carbonyl (C=O) groups is 1. The summed E-state index contributed by atoms with van der Waals surface area (Å²) in [5.74, 6) is 0.593. The predicted molar refractivity (Wildman–Crippen MR) is 103 cm³/mol. The molecule has 3 heteroatoms. The van der Waals surface area contributed by atoms with Crippen molar-refractivity contribution in [2.24, 2.45) is 0 Å². The van der Waals surface area contributed by atoms with Crippen LogP contribution in [0.1, 0.15) is 56.0 Å². The van der Waals surface area contributed by atoms with E-state index in [0.29, 0.717) is 5.75 Å². The molecule has 0 radical (unpaired) electrons. The summed E-state index contributed by atoms with van der Waals surface area (Å²) < 4.78 is 5.61. The van der Waals surface area contributed by atoms with Gasteiger partial charge in [-0.1, -0.05) is 56.7 Å². The molecule has 1 atom stereocenters. The van der Waals surface area contributed by atoms with Crippen molar-refractivity contribution >= 4 is 5.91 Å². The smallest absolute Gasteiger partial charge is 0.258 e. The number of amides is 1. The van der Waals surface area contributed by atoms with E-state index in [4.69, 9.17) is 4.74 Å². The average Bonchev–Trinajstić information content (AvgIpc) is 2.54. The van der Waals surface area contributed by atoms with Crippen molar-refractivity contribution < 1.29 is 9.53 Å². The standard InChI is InChI=1S/C22H29NO2/c1-15-7-8-16(2)20(13-15)17(3)23-21(24)14-25-19-11-9-18(10-12-19)22(4,5)6/h7-13,17H,14H2,1-6H3,(H,23,24)/t17-/m0/s1. The zero-order valence-electron chi connectivity index (χ0n) is 16.1. The van der Waals surface area contributed by atoms with E-state index in [1.807, 2.05) is 31.2 Å². The van der Waals surface area contributed by atoms with Crippen LogP contribution >= 0.6 is 0 Å². The molecule has 0 aromatic heterocycles. The largest absolute Gasteiger partial charge is 0.484 e. The number of nitrogens with one attached hydrogen (secondary N) is 1. The summed E-state index contributed by atoms with van der Waals surface area (Å²) in [6.45, 7) is 12.6. The van der Waals surface area contributed by atoms with Gasteiger partial charge < -0.3 is 10.1 Å². The van der Waals surface area contributed by atoms with Crippen LogP contribution in [0.15, 0.2) is 42.5 Å². The fraction of sp³-hybridized carbons (Fsp3) is 0.409. The number of ether oxygens (including phenoxy) is 1. The Morgan fingerprint density at radius 2 is 1.72 bits per heavy atom. The first-order valence-corrected chi connectivity index (χ1v) is 8.76. The van der Waals surface area contributed by atoms with Crippen LogP contribution in [0.5, 0.6) is 5.75 Å². The number of rotatable bonds is 5. The summed E-state index contributed by atoms with van der Waals surface area (Å²) in [4.78, 5) is 12.2. The zero-order valence-corrected chi connectivity index (χ0v) is 16.1. The van der Waals surface area contributed by atoms with Gasteiger partial charge in [0.1, 0.15) is 5.75 Å². The first kappa shape index (κ1) is 19.0. The second-order valence-corrected chi connectivity index (χ2v) is 7.71. The Morgan fingerprint density at radius 3 is 2.32 bits per heavy atom. The maximum Gasteiger partial charge on any atom is 0.258 e. The van der Waals surface area contributed by atoms with E-state index in [-0.39, 0.29) is 24.0 Å².